The van der Waals surface area contributed by atoms with E-state index < -0.39 is 0 Å². The Balaban J connectivity index is 1.48. The van der Waals surface area contributed by atoms with E-state index in [4.69, 9.17) is 4.98 Å². The van der Waals surface area contributed by atoms with Gasteiger partial charge in [0.2, 0.25) is 5.91 Å². The van der Waals surface area contributed by atoms with Crippen molar-refractivity contribution in [2.45, 2.75) is 72.0 Å². The Morgan fingerprint density at radius 3 is 2.79 bits per heavy atom. The molecule has 0 N–H and O–H groups in total. The number of rotatable bonds is 4. The average molecular weight is 397 g/mol. The molecule has 2 aliphatic heterocycles. The maximum atomic E-state index is 13.1. The van der Waals surface area contributed by atoms with Gasteiger partial charge >= 0.3 is 0 Å². The summed E-state index contributed by atoms with van der Waals surface area (Å²) in [4.78, 5) is 27.0. The Bertz CT molecular complexity index is 905. The molecule has 1 atom stereocenters. The normalized spacial score (nSPS) is 20.0. The summed E-state index contributed by atoms with van der Waals surface area (Å²) in [5, 5.41) is 4.58. The topological polar surface area (TPSA) is 67.2 Å². The summed E-state index contributed by atoms with van der Waals surface area (Å²) in [6, 6.07) is 0.00315. The predicted octanol–water partition coefficient (Wildman–Crippen LogP) is 2.73. The van der Waals surface area contributed by atoms with Crippen molar-refractivity contribution in [2.75, 3.05) is 20.1 Å². The molecule has 1 amide bonds. The van der Waals surface area contributed by atoms with Gasteiger partial charge < -0.3 is 9.80 Å². The Hall–Kier alpha value is -2.28. The standard InChI is InChI=1S/C22H32N6O/c1-15-16(2)25-28(17(15)3)12-9-21(29)27-10-6-5-7-20(27)22-23-13-18-14-26(4)11-8-19(18)24-22/h13,20H,5-12,14H2,1-4H3/t20-/m0/s1. The molecule has 0 aromatic carbocycles. The second-order valence-corrected chi connectivity index (χ2v) is 8.56. The summed E-state index contributed by atoms with van der Waals surface area (Å²) >= 11 is 0. The number of hydrogen-bond acceptors (Lipinski definition) is 5. The average Bonchev–Trinajstić information content (AvgIpc) is 2.98. The minimum atomic E-state index is 0.00315. The van der Waals surface area contributed by atoms with Crippen molar-refractivity contribution in [3.05, 3.63) is 40.2 Å². The fourth-order valence-electron chi connectivity index (χ4n) is 4.48. The second-order valence-electron chi connectivity index (χ2n) is 8.56. The predicted molar refractivity (Wildman–Crippen MR) is 111 cm³/mol. The van der Waals surface area contributed by atoms with E-state index in [0.29, 0.717) is 13.0 Å². The second kappa shape index (κ2) is 8.22. The first-order chi connectivity index (χ1) is 13.9. The van der Waals surface area contributed by atoms with Gasteiger partial charge in [0, 0.05) is 62.2 Å². The summed E-state index contributed by atoms with van der Waals surface area (Å²) in [5.74, 6) is 1.00. The van der Waals surface area contributed by atoms with Gasteiger partial charge in [0.15, 0.2) is 5.82 Å². The number of aromatic nitrogens is 4. The van der Waals surface area contributed by atoms with Crippen molar-refractivity contribution in [3.8, 4) is 0 Å². The molecule has 0 bridgehead atoms. The van der Waals surface area contributed by atoms with Crippen LogP contribution in [0.5, 0.6) is 0 Å². The molecular formula is C22H32N6O. The lowest BCUT2D eigenvalue weighted by Gasteiger charge is -2.35. The van der Waals surface area contributed by atoms with Crippen molar-refractivity contribution in [3.63, 3.8) is 0 Å². The number of carbonyl (C=O) groups excluding carboxylic acids is 1. The molecule has 2 aromatic rings. The van der Waals surface area contributed by atoms with Crippen LogP contribution < -0.4 is 0 Å². The van der Waals surface area contributed by atoms with E-state index >= 15 is 0 Å². The van der Waals surface area contributed by atoms with Gasteiger partial charge in [0.1, 0.15) is 0 Å². The third kappa shape index (κ3) is 4.06. The van der Waals surface area contributed by atoms with E-state index in [9.17, 15) is 4.79 Å². The van der Waals surface area contributed by atoms with Gasteiger partial charge in [-0.15, -0.1) is 0 Å². The van der Waals surface area contributed by atoms with Gasteiger partial charge in [0.25, 0.3) is 0 Å². The number of aryl methyl sites for hydroxylation is 2. The zero-order valence-electron chi connectivity index (χ0n) is 18.1. The first-order valence-electron chi connectivity index (χ1n) is 10.8. The van der Waals surface area contributed by atoms with Crippen molar-refractivity contribution >= 4 is 5.91 Å². The lowest BCUT2D eigenvalue weighted by Crippen LogP contribution is -2.40. The van der Waals surface area contributed by atoms with Crippen LogP contribution in [0, 0.1) is 20.8 Å². The molecule has 0 radical (unpaired) electrons. The molecular weight excluding hydrogens is 364 g/mol. The molecule has 2 aliphatic rings. The third-order valence-corrected chi connectivity index (χ3v) is 6.55. The first-order valence-corrected chi connectivity index (χ1v) is 10.8. The quantitative estimate of drug-likeness (QED) is 0.795. The van der Waals surface area contributed by atoms with E-state index in [1.54, 1.807) is 0 Å². The smallest absolute Gasteiger partial charge is 0.225 e. The van der Waals surface area contributed by atoms with E-state index in [1.165, 1.54) is 11.1 Å². The number of nitrogens with zero attached hydrogens (tertiary/aromatic N) is 6. The van der Waals surface area contributed by atoms with Crippen LogP contribution in [0.1, 0.15) is 65.8 Å². The van der Waals surface area contributed by atoms with Crippen molar-refractivity contribution < 1.29 is 4.79 Å². The van der Waals surface area contributed by atoms with Crippen LogP contribution in [0.2, 0.25) is 0 Å². The molecule has 1 fully saturated rings. The van der Waals surface area contributed by atoms with E-state index in [2.05, 4.69) is 35.9 Å². The largest absolute Gasteiger partial charge is 0.332 e. The highest BCUT2D eigenvalue weighted by Crippen LogP contribution is 2.30. The lowest BCUT2D eigenvalue weighted by atomic mass is 10.00. The van der Waals surface area contributed by atoms with Gasteiger partial charge in [-0.05, 0) is 52.6 Å². The summed E-state index contributed by atoms with van der Waals surface area (Å²) in [7, 11) is 2.13. The third-order valence-electron chi connectivity index (χ3n) is 6.55. The number of likely N-dealkylation sites (tertiary alicyclic amines) is 1. The monoisotopic (exact) mass is 396 g/mol. The Morgan fingerprint density at radius 1 is 1.21 bits per heavy atom. The van der Waals surface area contributed by atoms with Crippen LogP contribution in [-0.2, 0) is 24.3 Å². The molecule has 4 rings (SSSR count). The maximum Gasteiger partial charge on any atom is 0.225 e. The Kier molecular flexibility index (Phi) is 5.67. The number of piperidine rings is 1. The lowest BCUT2D eigenvalue weighted by molar-refractivity contribution is -0.135. The molecule has 4 heterocycles. The molecule has 1 saturated heterocycles. The van der Waals surface area contributed by atoms with Gasteiger partial charge in [-0.3, -0.25) is 9.48 Å². The molecule has 7 nitrogen and oxygen atoms in total. The number of amides is 1. The minimum absolute atomic E-state index is 0.00315. The molecule has 0 saturated carbocycles. The zero-order chi connectivity index (χ0) is 20.5. The van der Waals surface area contributed by atoms with Crippen LogP contribution >= 0.6 is 0 Å². The molecule has 29 heavy (non-hydrogen) atoms. The van der Waals surface area contributed by atoms with Crippen LogP contribution in [0.15, 0.2) is 6.20 Å². The molecule has 7 heteroatoms. The molecule has 0 spiro atoms. The van der Waals surface area contributed by atoms with E-state index in [-0.39, 0.29) is 11.9 Å². The van der Waals surface area contributed by atoms with Gasteiger partial charge in [0.05, 0.1) is 11.7 Å². The van der Waals surface area contributed by atoms with Crippen molar-refractivity contribution in [1.29, 1.82) is 0 Å². The summed E-state index contributed by atoms with van der Waals surface area (Å²) < 4.78 is 1.97. The highest BCUT2D eigenvalue weighted by molar-refractivity contribution is 5.76. The molecule has 0 aliphatic carbocycles. The van der Waals surface area contributed by atoms with Crippen molar-refractivity contribution in [2.24, 2.45) is 0 Å². The SMILES string of the molecule is Cc1nn(CCC(=O)N2CCCC[C@H]2c2ncc3c(n2)CCN(C)C3)c(C)c1C. The molecule has 0 unspecified atom stereocenters. The number of likely N-dealkylation sites (N-methyl/N-ethyl adjacent to an activating group) is 1. The number of hydrogen-bond donors (Lipinski definition) is 0. The maximum absolute atomic E-state index is 13.1. The number of fused-ring (bicyclic) bond motifs is 1. The van der Waals surface area contributed by atoms with Crippen LogP contribution in [0.3, 0.4) is 0 Å². The van der Waals surface area contributed by atoms with Crippen molar-refractivity contribution in [1.82, 2.24) is 29.5 Å². The van der Waals surface area contributed by atoms with Gasteiger partial charge in [-0.25, -0.2) is 9.97 Å². The summed E-state index contributed by atoms with van der Waals surface area (Å²) in [6.07, 6.45) is 6.52. The number of carbonyl (C=O) groups is 1. The summed E-state index contributed by atoms with van der Waals surface area (Å²) in [5.41, 5.74) is 5.77. The van der Waals surface area contributed by atoms with E-state index in [1.807, 2.05) is 22.7 Å². The van der Waals surface area contributed by atoms with Gasteiger partial charge in [-0.1, -0.05) is 0 Å². The summed E-state index contributed by atoms with van der Waals surface area (Å²) in [6.45, 7) is 9.53. The molecule has 2 aromatic heterocycles. The molecule has 156 valence electrons. The first kappa shape index (κ1) is 20.0. The highest BCUT2D eigenvalue weighted by Gasteiger charge is 2.30. The van der Waals surface area contributed by atoms with Crippen LogP contribution in [-0.4, -0.2) is 55.6 Å². The zero-order valence-corrected chi connectivity index (χ0v) is 18.1. The van der Waals surface area contributed by atoms with E-state index in [0.717, 1.165) is 68.2 Å². The Labute approximate surface area is 173 Å². The fraction of sp³-hybridized carbons (Fsp3) is 0.636. The minimum Gasteiger partial charge on any atom is -0.332 e. The van der Waals surface area contributed by atoms with Crippen LogP contribution in [0.25, 0.3) is 0 Å². The highest BCUT2D eigenvalue weighted by atomic mass is 16.2. The Morgan fingerprint density at radius 2 is 2.03 bits per heavy atom. The fourth-order valence-corrected chi connectivity index (χ4v) is 4.48. The van der Waals surface area contributed by atoms with Gasteiger partial charge in [-0.2, -0.15) is 5.10 Å². The van der Waals surface area contributed by atoms with Crippen LogP contribution in [0.4, 0.5) is 0 Å².